The first-order valence-corrected chi connectivity index (χ1v) is 5.18. The molecule has 0 aliphatic carbocycles. The quantitative estimate of drug-likeness (QED) is 0.799. The zero-order chi connectivity index (χ0) is 12.8. The number of aryl methyl sites for hydroxylation is 1. The number of carboxylic acid groups (broad SMARTS) is 1. The number of rotatable bonds is 5. The molecule has 1 rings (SSSR count). The zero-order valence-electron chi connectivity index (χ0n) is 9.77. The minimum Gasteiger partial charge on any atom is -0.491 e. The van der Waals surface area contributed by atoms with Crippen LogP contribution in [0.4, 0.5) is 0 Å². The molecule has 2 N–H and O–H groups in total. The second-order valence-electron chi connectivity index (χ2n) is 3.72. The van der Waals surface area contributed by atoms with Gasteiger partial charge >= 0.3 is 5.97 Å². The maximum Gasteiger partial charge on any atom is 0.329 e. The lowest BCUT2D eigenvalue weighted by Gasteiger charge is -2.14. The van der Waals surface area contributed by atoms with E-state index in [1.165, 1.54) is 6.92 Å². The number of ether oxygens (including phenoxy) is 1. The van der Waals surface area contributed by atoms with Crippen LogP contribution in [0.25, 0.3) is 0 Å². The molecule has 5 heteroatoms. The summed E-state index contributed by atoms with van der Waals surface area (Å²) in [6.07, 6.45) is 0. The summed E-state index contributed by atoms with van der Waals surface area (Å²) in [5.74, 6) is -0.931. The maximum absolute atomic E-state index is 10.8. The van der Waals surface area contributed by atoms with Crippen molar-refractivity contribution in [2.45, 2.75) is 19.9 Å². The first-order chi connectivity index (χ1) is 7.99. The van der Waals surface area contributed by atoms with E-state index in [0.717, 1.165) is 5.56 Å². The molecule has 0 spiro atoms. The average Bonchev–Trinajstić information content (AvgIpc) is 2.23. The van der Waals surface area contributed by atoms with Crippen LogP contribution in [0.5, 0.6) is 5.75 Å². The van der Waals surface area contributed by atoms with Crippen molar-refractivity contribution in [1.29, 1.82) is 0 Å². The first kappa shape index (κ1) is 13.0. The van der Waals surface area contributed by atoms with Gasteiger partial charge in [-0.2, -0.15) is 0 Å². The Balaban J connectivity index is 2.57. The molecule has 1 aromatic carbocycles. The summed E-state index contributed by atoms with van der Waals surface area (Å²) in [4.78, 5) is 21.6. The van der Waals surface area contributed by atoms with Crippen LogP contribution in [0.15, 0.2) is 24.3 Å². The largest absolute Gasteiger partial charge is 0.491 e. The van der Waals surface area contributed by atoms with Gasteiger partial charge in [-0.05, 0) is 24.6 Å². The van der Waals surface area contributed by atoms with Gasteiger partial charge in [0.2, 0.25) is 5.91 Å². The van der Waals surface area contributed by atoms with Gasteiger partial charge in [-0.25, -0.2) is 4.79 Å². The first-order valence-electron chi connectivity index (χ1n) is 5.18. The third-order valence-electron chi connectivity index (χ3n) is 2.08. The Labute approximate surface area is 99.4 Å². The van der Waals surface area contributed by atoms with E-state index >= 15 is 0 Å². The lowest BCUT2D eigenvalue weighted by Crippen LogP contribution is -2.43. The Kier molecular flexibility index (Phi) is 4.51. The lowest BCUT2D eigenvalue weighted by molar-refractivity contribution is -0.142. The second kappa shape index (κ2) is 5.89. The van der Waals surface area contributed by atoms with Gasteiger partial charge in [0.25, 0.3) is 0 Å². The monoisotopic (exact) mass is 237 g/mol. The highest BCUT2D eigenvalue weighted by molar-refractivity contribution is 5.82. The van der Waals surface area contributed by atoms with Crippen molar-refractivity contribution in [3.8, 4) is 5.75 Å². The predicted molar refractivity (Wildman–Crippen MR) is 61.9 cm³/mol. The minimum absolute atomic E-state index is 0.0988. The van der Waals surface area contributed by atoms with E-state index in [-0.39, 0.29) is 6.61 Å². The summed E-state index contributed by atoms with van der Waals surface area (Å²) in [6.45, 7) is 3.08. The third kappa shape index (κ3) is 4.55. The molecule has 0 fully saturated rings. The Morgan fingerprint density at radius 2 is 2.18 bits per heavy atom. The summed E-state index contributed by atoms with van der Waals surface area (Å²) < 4.78 is 5.32. The van der Waals surface area contributed by atoms with Gasteiger partial charge < -0.3 is 15.2 Å². The maximum atomic E-state index is 10.8. The van der Waals surface area contributed by atoms with Gasteiger partial charge in [-0.1, -0.05) is 12.1 Å². The van der Waals surface area contributed by atoms with E-state index in [4.69, 9.17) is 9.84 Å². The van der Waals surface area contributed by atoms with Gasteiger partial charge in [-0.3, -0.25) is 4.79 Å². The number of nitrogens with one attached hydrogen (secondary N) is 1. The SMILES string of the molecule is CC(=O)NC(COc1cccc(C)c1)C(=O)O. The number of carboxylic acids is 1. The number of benzene rings is 1. The van der Waals surface area contributed by atoms with E-state index in [1.54, 1.807) is 12.1 Å². The van der Waals surface area contributed by atoms with Crippen LogP contribution >= 0.6 is 0 Å². The number of aliphatic carboxylic acids is 1. The fraction of sp³-hybridized carbons (Fsp3) is 0.333. The number of hydrogen-bond donors (Lipinski definition) is 2. The molecule has 0 radical (unpaired) electrons. The van der Waals surface area contributed by atoms with Crippen LogP contribution in [0.2, 0.25) is 0 Å². The molecular weight excluding hydrogens is 222 g/mol. The van der Waals surface area contributed by atoms with Crippen molar-refractivity contribution in [2.75, 3.05) is 6.61 Å². The zero-order valence-corrected chi connectivity index (χ0v) is 9.77. The van der Waals surface area contributed by atoms with E-state index in [1.807, 2.05) is 19.1 Å². The number of hydrogen-bond acceptors (Lipinski definition) is 3. The summed E-state index contributed by atoms with van der Waals surface area (Å²) in [7, 11) is 0. The molecule has 0 saturated carbocycles. The van der Waals surface area contributed by atoms with Gasteiger partial charge in [0, 0.05) is 6.92 Å². The highest BCUT2D eigenvalue weighted by Crippen LogP contribution is 2.12. The fourth-order valence-corrected chi connectivity index (χ4v) is 1.30. The van der Waals surface area contributed by atoms with Crippen LogP contribution in [-0.4, -0.2) is 29.6 Å². The highest BCUT2D eigenvalue weighted by atomic mass is 16.5. The molecule has 1 aromatic rings. The topological polar surface area (TPSA) is 75.6 Å². The molecular formula is C12H15NO4. The molecule has 5 nitrogen and oxygen atoms in total. The number of carbonyl (C=O) groups is 2. The van der Waals surface area contributed by atoms with Crippen molar-refractivity contribution in [3.63, 3.8) is 0 Å². The standard InChI is InChI=1S/C12H15NO4/c1-8-4-3-5-10(6-8)17-7-11(12(15)16)13-9(2)14/h3-6,11H,7H2,1-2H3,(H,13,14)(H,15,16). The molecule has 1 unspecified atom stereocenters. The molecule has 0 aliphatic rings. The predicted octanol–water partition coefficient (Wildman–Crippen LogP) is 0.963. The van der Waals surface area contributed by atoms with Gasteiger partial charge in [0.15, 0.2) is 6.04 Å². The normalized spacial score (nSPS) is 11.6. The van der Waals surface area contributed by atoms with Gasteiger partial charge in [0.1, 0.15) is 12.4 Å². The minimum atomic E-state index is -1.12. The van der Waals surface area contributed by atoms with E-state index < -0.39 is 17.9 Å². The average molecular weight is 237 g/mol. The lowest BCUT2D eigenvalue weighted by atomic mass is 10.2. The molecule has 0 heterocycles. The number of amides is 1. The summed E-state index contributed by atoms with van der Waals surface area (Å²) in [6, 6.07) is 6.23. The van der Waals surface area contributed by atoms with Crippen molar-refractivity contribution in [2.24, 2.45) is 0 Å². The van der Waals surface area contributed by atoms with Crippen LogP contribution in [0, 0.1) is 6.92 Å². The Morgan fingerprint density at radius 3 is 2.71 bits per heavy atom. The van der Waals surface area contributed by atoms with Crippen LogP contribution in [0.3, 0.4) is 0 Å². The van der Waals surface area contributed by atoms with E-state index in [0.29, 0.717) is 5.75 Å². The Hall–Kier alpha value is -2.04. The van der Waals surface area contributed by atoms with E-state index in [2.05, 4.69) is 5.32 Å². The van der Waals surface area contributed by atoms with Crippen LogP contribution in [-0.2, 0) is 9.59 Å². The van der Waals surface area contributed by atoms with Crippen molar-refractivity contribution in [3.05, 3.63) is 29.8 Å². The summed E-state index contributed by atoms with van der Waals surface area (Å²) in [5.41, 5.74) is 1.02. The summed E-state index contributed by atoms with van der Waals surface area (Å²) >= 11 is 0. The molecule has 0 saturated heterocycles. The molecule has 1 amide bonds. The van der Waals surface area contributed by atoms with Crippen molar-refractivity contribution < 1.29 is 19.4 Å². The molecule has 0 aliphatic heterocycles. The molecule has 92 valence electrons. The smallest absolute Gasteiger partial charge is 0.329 e. The Bertz CT molecular complexity index is 417. The van der Waals surface area contributed by atoms with Gasteiger partial charge in [0.05, 0.1) is 0 Å². The van der Waals surface area contributed by atoms with Gasteiger partial charge in [-0.15, -0.1) is 0 Å². The van der Waals surface area contributed by atoms with Crippen LogP contribution in [0.1, 0.15) is 12.5 Å². The molecule has 0 aromatic heterocycles. The third-order valence-corrected chi connectivity index (χ3v) is 2.08. The molecule has 0 bridgehead atoms. The number of carbonyl (C=O) groups excluding carboxylic acids is 1. The van der Waals surface area contributed by atoms with Crippen LogP contribution < -0.4 is 10.1 Å². The van der Waals surface area contributed by atoms with Crippen molar-refractivity contribution in [1.82, 2.24) is 5.32 Å². The Morgan fingerprint density at radius 1 is 1.47 bits per heavy atom. The summed E-state index contributed by atoms with van der Waals surface area (Å²) in [5, 5.41) is 11.2. The molecule has 1 atom stereocenters. The highest BCUT2D eigenvalue weighted by Gasteiger charge is 2.18. The van der Waals surface area contributed by atoms with Crippen molar-refractivity contribution >= 4 is 11.9 Å². The molecule has 17 heavy (non-hydrogen) atoms. The van der Waals surface area contributed by atoms with E-state index in [9.17, 15) is 9.59 Å². The fourth-order valence-electron chi connectivity index (χ4n) is 1.30. The second-order valence-corrected chi connectivity index (χ2v) is 3.72.